The molecule has 3 heterocycles. The van der Waals surface area contributed by atoms with Crippen LogP contribution in [0.3, 0.4) is 0 Å². The van der Waals surface area contributed by atoms with Gasteiger partial charge < -0.3 is 14.1 Å². The Morgan fingerprint density at radius 2 is 1.93 bits per heavy atom. The zero-order chi connectivity index (χ0) is 18.9. The molecule has 144 valence electrons. The first-order chi connectivity index (χ1) is 13.1. The molecule has 3 aromatic rings. The van der Waals surface area contributed by atoms with Crippen molar-refractivity contribution >= 4 is 37.9 Å². The summed E-state index contributed by atoms with van der Waals surface area (Å²) in [4.78, 5) is 10.8. The molecule has 0 spiro atoms. The van der Waals surface area contributed by atoms with Gasteiger partial charge in [-0.05, 0) is 18.6 Å². The predicted molar refractivity (Wildman–Crippen MR) is 103 cm³/mol. The number of furan rings is 1. The molecule has 1 aliphatic heterocycles. The van der Waals surface area contributed by atoms with Crippen molar-refractivity contribution in [3.63, 3.8) is 0 Å². The number of fused-ring (bicyclic) bond motifs is 3. The smallest absolute Gasteiger partial charge is 0.214 e. The lowest BCUT2D eigenvalue weighted by Gasteiger charge is -2.34. The fourth-order valence-corrected chi connectivity index (χ4v) is 4.89. The second-order valence-corrected chi connectivity index (χ2v) is 8.61. The number of anilines is 1. The Balaban J connectivity index is 1.53. The van der Waals surface area contributed by atoms with Crippen molar-refractivity contribution in [3.05, 3.63) is 30.6 Å². The molecule has 1 aliphatic rings. The summed E-state index contributed by atoms with van der Waals surface area (Å²) in [5, 5.41) is 0.954. The molecular weight excluding hydrogens is 368 g/mol. The molecular formula is C18H22N4O4S. The van der Waals surface area contributed by atoms with E-state index >= 15 is 0 Å². The first-order valence-electron chi connectivity index (χ1n) is 8.94. The molecule has 0 atom stereocenters. The summed E-state index contributed by atoms with van der Waals surface area (Å²) in [6.07, 6.45) is 2.04. The number of aromatic nitrogens is 2. The summed E-state index contributed by atoms with van der Waals surface area (Å²) in [7, 11) is -1.68. The predicted octanol–water partition coefficient (Wildman–Crippen LogP) is 1.86. The maximum Gasteiger partial charge on any atom is 0.214 e. The van der Waals surface area contributed by atoms with Crippen molar-refractivity contribution in [2.75, 3.05) is 50.5 Å². The van der Waals surface area contributed by atoms with Crippen molar-refractivity contribution in [3.8, 4) is 0 Å². The average molecular weight is 390 g/mol. The molecule has 0 aliphatic carbocycles. The third-order valence-electron chi connectivity index (χ3n) is 4.82. The number of rotatable bonds is 6. The number of benzene rings is 1. The highest BCUT2D eigenvalue weighted by molar-refractivity contribution is 7.89. The van der Waals surface area contributed by atoms with Crippen LogP contribution in [0.1, 0.15) is 6.42 Å². The molecule has 0 unspecified atom stereocenters. The average Bonchev–Trinajstić information content (AvgIpc) is 3.07. The lowest BCUT2D eigenvalue weighted by molar-refractivity contribution is 0.199. The summed E-state index contributed by atoms with van der Waals surface area (Å²) < 4.78 is 37.4. The van der Waals surface area contributed by atoms with Crippen LogP contribution in [0.15, 0.2) is 35.0 Å². The number of sulfonamides is 1. The van der Waals surface area contributed by atoms with Gasteiger partial charge >= 0.3 is 0 Å². The minimum atomic E-state index is -3.25. The monoisotopic (exact) mass is 390 g/mol. The molecule has 1 fully saturated rings. The minimum absolute atomic E-state index is 0.113. The van der Waals surface area contributed by atoms with Crippen LogP contribution >= 0.6 is 0 Å². The van der Waals surface area contributed by atoms with Gasteiger partial charge in [-0.25, -0.2) is 18.4 Å². The van der Waals surface area contributed by atoms with E-state index in [0.717, 1.165) is 16.5 Å². The number of hydrogen-bond acceptors (Lipinski definition) is 7. The van der Waals surface area contributed by atoms with Gasteiger partial charge in [-0.15, -0.1) is 0 Å². The zero-order valence-corrected chi connectivity index (χ0v) is 16.0. The Hall–Kier alpha value is -2.23. The number of para-hydroxylation sites is 1. The van der Waals surface area contributed by atoms with Crippen molar-refractivity contribution in [1.82, 2.24) is 14.3 Å². The molecule has 9 heteroatoms. The zero-order valence-electron chi connectivity index (χ0n) is 15.2. The highest BCUT2D eigenvalue weighted by atomic mass is 32.2. The number of ether oxygens (including phenoxy) is 1. The van der Waals surface area contributed by atoms with Crippen LogP contribution in [0.25, 0.3) is 22.1 Å². The van der Waals surface area contributed by atoms with Crippen molar-refractivity contribution < 1.29 is 17.6 Å². The Morgan fingerprint density at radius 3 is 2.70 bits per heavy atom. The van der Waals surface area contributed by atoms with Gasteiger partial charge in [0.15, 0.2) is 11.4 Å². The standard InChI is InChI=1S/C18H22N4O4S/c1-25-11-4-12-27(23,24)22-9-7-21(8-10-22)18-17-16(19-13-20-18)14-5-2-3-6-15(14)26-17/h2-3,5-6,13H,4,7-12H2,1H3. The Morgan fingerprint density at radius 1 is 1.15 bits per heavy atom. The van der Waals surface area contributed by atoms with E-state index in [1.165, 1.54) is 6.33 Å². The Labute approximate surface area is 157 Å². The fraction of sp³-hybridized carbons (Fsp3) is 0.444. The number of hydrogen-bond donors (Lipinski definition) is 0. The third-order valence-corrected chi connectivity index (χ3v) is 6.78. The molecule has 2 aromatic heterocycles. The van der Waals surface area contributed by atoms with E-state index in [0.29, 0.717) is 50.6 Å². The van der Waals surface area contributed by atoms with E-state index in [1.807, 2.05) is 24.3 Å². The first-order valence-corrected chi connectivity index (χ1v) is 10.5. The summed E-state index contributed by atoms with van der Waals surface area (Å²) in [5.74, 6) is 0.829. The Kier molecular flexibility index (Phi) is 4.98. The van der Waals surface area contributed by atoms with Gasteiger partial charge in [-0.3, -0.25) is 0 Å². The molecule has 27 heavy (non-hydrogen) atoms. The summed E-state index contributed by atoms with van der Waals surface area (Å²) in [5.41, 5.74) is 2.20. The largest absolute Gasteiger partial charge is 0.450 e. The molecule has 0 amide bonds. The van der Waals surface area contributed by atoms with Crippen LogP contribution in [0.4, 0.5) is 5.82 Å². The van der Waals surface area contributed by atoms with Gasteiger partial charge in [-0.2, -0.15) is 4.31 Å². The van der Waals surface area contributed by atoms with Gasteiger partial charge in [0.2, 0.25) is 10.0 Å². The summed E-state index contributed by atoms with van der Waals surface area (Å²) in [6.45, 7) is 2.44. The van der Waals surface area contributed by atoms with Crippen LogP contribution in [0.2, 0.25) is 0 Å². The van der Waals surface area contributed by atoms with Crippen LogP contribution in [-0.2, 0) is 14.8 Å². The van der Waals surface area contributed by atoms with Gasteiger partial charge in [-0.1, -0.05) is 12.1 Å². The maximum absolute atomic E-state index is 12.4. The topological polar surface area (TPSA) is 88.8 Å². The lowest BCUT2D eigenvalue weighted by atomic mass is 10.2. The van der Waals surface area contributed by atoms with Gasteiger partial charge in [0, 0.05) is 45.3 Å². The van der Waals surface area contributed by atoms with Crippen LogP contribution in [0, 0.1) is 0 Å². The maximum atomic E-state index is 12.4. The molecule has 0 radical (unpaired) electrons. The number of piperazine rings is 1. The van der Waals surface area contributed by atoms with E-state index in [-0.39, 0.29) is 5.75 Å². The molecule has 0 saturated carbocycles. The lowest BCUT2D eigenvalue weighted by Crippen LogP contribution is -2.49. The Bertz CT molecular complexity index is 1040. The van der Waals surface area contributed by atoms with E-state index in [9.17, 15) is 8.42 Å². The van der Waals surface area contributed by atoms with Crippen LogP contribution in [-0.4, -0.2) is 68.3 Å². The molecule has 1 saturated heterocycles. The van der Waals surface area contributed by atoms with Crippen molar-refractivity contribution in [1.29, 1.82) is 0 Å². The molecule has 0 N–H and O–H groups in total. The van der Waals surface area contributed by atoms with Crippen LogP contribution in [0.5, 0.6) is 0 Å². The van der Waals surface area contributed by atoms with Gasteiger partial charge in [0.05, 0.1) is 5.75 Å². The van der Waals surface area contributed by atoms with E-state index in [4.69, 9.17) is 9.15 Å². The SMILES string of the molecule is COCCCS(=O)(=O)N1CCN(c2ncnc3c2oc2ccccc23)CC1. The molecule has 1 aromatic carbocycles. The van der Waals surface area contributed by atoms with Gasteiger partial charge in [0.1, 0.15) is 17.4 Å². The van der Waals surface area contributed by atoms with E-state index in [1.54, 1.807) is 11.4 Å². The van der Waals surface area contributed by atoms with Crippen molar-refractivity contribution in [2.24, 2.45) is 0 Å². The van der Waals surface area contributed by atoms with E-state index < -0.39 is 10.0 Å². The van der Waals surface area contributed by atoms with Crippen LogP contribution < -0.4 is 4.90 Å². The number of nitrogens with zero attached hydrogens (tertiary/aromatic N) is 4. The van der Waals surface area contributed by atoms with E-state index in [2.05, 4.69) is 14.9 Å². The summed E-state index contributed by atoms with van der Waals surface area (Å²) >= 11 is 0. The minimum Gasteiger partial charge on any atom is -0.450 e. The second kappa shape index (κ2) is 7.41. The quantitative estimate of drug-likeness (QED) is 0.594. The second-order valence-electron chi connectivity index (χ2n) is 6.52. The fourth-order valence-electron chi connectivity index (χ4n) is 3.43. The molecule has 4 rings (SSSR count). The first kappa shape index (κ1) is 18.1. The molecule has 8 nitrogen and oxygen atoms in total. The normalized spacial score (nSPS) is 16.4. The van der Waals surface area contributed by atoms with Crippen molar-refractivity contribution in [2.45, 2.75) is 6.42 Å². The third kappa shape index (κ3) is 3.50. The highest BCUT2D eigenvalue weighted by Gasteiger charge is 2.28. The molecule has 0 bridgehead atoms. The number of methoxy groups -OCH3 is 1. The summed E-state index contributed by atoms with van der Waals surface area (Å²) in [6, 6.07) is 7.76. The highest BCUT2D eigenvalue weighted by Crippen LogP contribution is 2.32. The van der Waals surface area contributed by atoms with Gasteiger partial charge in [0.25, 0.3) is 0 Å².